The molecule has 0 aromatic carbocycles. The Labute approximate surface area is 124 Å². The number of aromatic nitrogens is 2. The van der Waals surface area contributed by atoms with Crippen molar-refractivity contribution >= 4 is 43.4 Å². The topological polar surface area (TPSA) is 37.8 Å². The zero-order chi connectivity index (χ0) is 13.5. The second kappa shape index (κ2) is 4.94. The summed E-state index contributed by atoms with van der Waals surface area (Å²) < 4.78 is 2.68. The van der Waals surface area contributed by atoms with E-state index in [2.05, 4.69) is 53.8 Å². The lowest BCUT2D eigenvalue weighted by Gasteiger charge is -2.19. The SMILES string of the molecule is CC(C)(C)NCc1nnc(-c2cc3sccc3s2)s1. The fraction of sp³-hybridized carbons (Fsp3) is 0.385. The van der Waals surface area contributed by atoms with E-state index in [4.69, 9.17) is 0 Å². The summed E-state index contributed by atoms with van der Waals surface area (Å²) >= 11 is 5.25. The van der Waals surface area contributed by atoms with Crippen LogP contribution in [0.5, 0.6) is 0 Å². The number of fused-ring (bicyclic) bond motifs is 1. The minimum absolute atomic E-state index is 0.109. The van der Waals surface area contributed by atoms with Gasteiger partial charge in [0.05, 0.1) is 11.4 Å². The summed E-state index contributed by atoms with van der Waals surface area (Å²) in [5, 5.41) is 16.2. The molecule has 0 saturated carbocycles. The molecule has 3 aromatic rings. The maximum Gasteiger partial charge on any atom is 0.157 e. The molecular formula is C13H15N3S3. The number of thiophene rings is 2. The Hall–Kier alpha value is -0.820. The average Bonchev–Trinajstić information content (AvgIpc) is 2.99. The first kappa shape index (κ1) is 13.2. The zero-order valence-electron chi connectivity index (χ0n) is 11.1. The lowest BCUT2D eigenvalue weighted by atomic mass is 10.1. The van der Waals surface area contributed by atoms with Crippen molar-refractivity contribution in [2.75, 3.05) is 0 Å². The van der Waals surface area contributed by atoms with E-state index in [1.54, 1.807) is 34.0 Å². The van der Waals surface area contributed by atoms with Crippen molar-refractivity contribution in [2.45, 2.75) is 32.9 Å². The van der Waals surface area contributed by atoms with Crippen LogP contribution in [0.4, 0.5) is 0 Å². The quantitative estimate of drug-likeness (QED) is 0.780. The van der Waals surface area contributed by atoms with Crippen molar-refractivity contribution in [3.8, 4) is 9.88 Å². The van der Waals surface area contributed by atoms with Gasteiger partial charge in [-0.3, -0.25) is 0 Å². The van der Waals surface area contributed by atoms with E-state index in [9.17, 15) is 0 Å². The zero-order valence-corrected chi connectivity index (χ0v) is 13.5. The molecule has 0 atom stereocenters. The van der Waals surface area contributed by atoms with Gasteiger partial charge in [-0.2, -0.15) is 0 Å². The Balaban J connectivity index is 1.79. The second-order valence-corrected chi connectivity index (χ2v) is 8.46. The van der Waals surface area contributed by atoms with E-state index in [1.165, 1.54) is 14.3 Å². The van der Waals surface area contributed by atoms with Gasteiger partial charge in [0.1, 0.15) is 5.01 Å². The Morgan fingerprint density at radius 3 is 2.74 bits per heavy atom. The molecular weight excluding hydrogens is 294 g/mol. The minimum atomic E-state index is 0.109. The van der Waals surface area contributed by atoms with Gasteiger partial charge in [0, 0.05) is 14.9 Å². The Morgan fingerprint density at radius 1 is 1.16 bits per heavy atom. The number of hydrogen-bond acceptors (Lipinski definition) is 6. The van der Waals surface area contributed by atoms with Gasteiger partial charge in [-0.1, -0.05) is 11.3 Å². The summed E-state index contributed by atoms with van der Waals surface area (Å²) in [6, 6.07) is 4.38. The molecule has 100 valence electrons. The van der Waals surface area contributed by atoms with Gasteiger partial charge in [0.25, 0.3) is 0 Å². The van der Waals surface area contributed by atoms with Crippen molar-refractivity contribution in [3.63, 3.8) is 0 Å². The van der Waals surface area contributed by atoms with Gasteiger partial charge in [0.15, 0.2) is 5.01 Å². The van der Waals surface area contributed by atoms with Gasteiger partial charge < -0.3 is 5.32 Å². The molecule has 1 N–H and O–H groups in total. The monoisotopic (exact) mass is 309 g/mol. The highest BCUT2D eigenvalue weighted by Crippen LogP contribution is 2.37. The van der Waals surface area contributed by atoms with Gasteiger partial charge in [-0.05, 0) is 38.3 Å². The number of hydrogen-bond donors (Lipinski definition) is 1. The predicted molar refractivity (Wildman–Crippen MR) is 85.2 cm³/mol. The molecule has 0 amide bonds. The van der Waals surface area contributed by atoms with E-state index in [-0.39, 0.29) is 5.54 Å². The van der Waals surface area contributed by atoms with Crippen LogP contribution in [0.1, 0.15) is 25.8 Å². The molecule has 19 heavy (non-hydrogen) atoms. The van der Waals surface area contributed by atoms with Crippen LogP contribution in [0.3, 0.4) is 0 Å². The first-order valence-electron chi connectivity index (χ1n) is 6.06. The molecule has 0 aliphatic rings. The predicted octanol–water partition coefficient (Wildman–Crippen LogP) is 4.37. The summed E-state index contributed by atoms with van der Waals surface area (Å²) in [6.45, 7) is 7.24. The van der Waals surface area contributed by atoms with Crippen LogP contribution < -0.4 is 5.32 Å². The summed E-state index contributed by atoms with van der Waals surface area (Å²) in [7, 11) is 0. The summed E-state index contributed by atoms with van der Waals surface area (Å²) in [5.74, 6) is 0. The smallest absolute Gasteiger partial charge is 0.157 e. The highest BCUT2D eigenvalue weighted by molar-refractivity contribution is 7.30. The van der Waals surface area contributed by atoms with Crippen molar-refractivity contribution in [3.05, 3.63) is 22.5 Å². The maximum atomic E-state index is 4.31. The van der Waals surface area contributed by atoms with Gasteiger partial charge in [0.2, 0.25) is 0 Å². The van der Waals surface area contributed by atoms with Crippen LogP contribution in [-0.2, 0) is 6.54 Å². The second-order valence-electron chi connectivity index (χ2n) is 5.36. The highest BCUT2D eigenvalue weighted by Gasteiger charge is 2.13. The standard InChI is InChI=1S/C13H15N3S3/c1-13(2,3)14-7-11-15-16-12(19-11)10-6-9-8(18-10)4-5-17-9/h4-6,14H,7H2,1-3H3. The first-order chi connectivity index (χ1) is 9.01. The Kier molecular flexibility index (Phi) is 3.42. The van der Waals surface area contributed by atoms with Crippen LogP contribution >= 0.6 is 34.0 Å². The third kappa shape index (κ3) is 3.02. The Morgan fingerprint density at radius 2 is 2.00 bits per heavy atom. The molecule has 0 spiro atoms. The third-order valence-electron chi connectivity index (χ3n) is 2.59. The first-order valence-corrected chi connectivity index (χ1v) is 8.57. The molecule has 3 aromatic heterocycles. The van der Waals surface area contributed by atoms with Crippen molar-refractivity contribution < 1.29 is 0 Å². The van der Waals surface area contributed by atoms with Crippen LogP contribution in [0, 0.1) is 0 Å². The Bertz CT molecular complexity index is 659. The highest BCUT2D eigenvalue weighted by atomic mass is 32.1. The van der Waals surface area contributed by atoms with Gasteiger partial charge >= 0.3 is 0 Å². The molecule has 0 radical (unpaired) electrons. The lowest BCUT2D eigenvalue weighted by Crippen LogP contribution is -2.35. The molecule has 0 fully saturated rings. The van der Waals surface area contributed by atoms with E-state index in [0.717, 1.165) is 16.6 Å². The molecule has 0 aliphatic carbocycles. The molecule has 3 heterocycles. The van der Waals surface area contributed by atoms with E-state index < -0.39 is 0 Å². The van der Waals surface area contributed by atoms with Crippen LogP contribution in [0.2, 0.25) is 0 Å². The molecule has 0 bridgehead atoms. The number of nitrogens with zero attached hydrogens (tertiary/aromatic N) is 2. The molecule has 6 heteroatoms. The van der Waals surface area contributed by atoms with Crippen LogP contribution in [-0.4, -0.2) is 15.7 Å². The average molecular weight is 309 g/mol. The largest absolute Gasteiger partial charge is 0.306 e. The minimum Gasteiger partial charge on any atom is -0.306 e. The number of nitrogens with one attached hydrogen (secondary N) is 1. The molecule has 3 nitrogen and oxygen atoms in total. The molecule has 0 saturated heterocycles. The van der Waals surface area contributed by atoms with E-state index in [1.807, 2.05) is 0 Å². The van der Waals surface area contributed by atoms with Crippen molar-refractivity contribution in [2.24, 2.45) is 0 Å². The fourth-order valence-corrected chi connectivity index (χ4v) is 4.57. The molecule has 0 unspecified atom stereocenters. The molecule has 3 rings (SSSR count). The van der Waals surface area contributed by atoms with Crippen LogP contribution in [0.25, 0.3) is 19.3 Å². The van der Waals surface area contributed by atoms with Crippen molar-refractivity contribution in [1.82, 2.24) is 15.5 Å². The third-order valence-corrected chi connectivity index (χ3v) is 5.77. The van der Waals surface area contributed by atoms with Gasteiger partial charge in [-0.25, -0.2) is 0 Å². The normalized spacial score (nSPS) is 12.4. The lowest BCUT2D eigenvalue weighted by molar-refractivity contribution is 0.423. The van der Waals surface area contributed by atoms with Crippen molar-refractivity contribution in [1.29, 1.82) is 0 Å². The fourth-order valence-electron chi connectivity index (χ4n) is 1.64. The number of rotatable bonds is 3. The summed E-state index contributed by atoms with van der Waals surface area (Å²) in [4.78, 5) is 1.22. The maximum absolute atomic E-state index is 4.31. The van der Waals surface area contributed by atoms with E-state index >= 15 is 0 Å². The summed E-state index contributed by atoms with van der Waals surface area (Å²) in [6.07, 6.45) is 0. The summed E-state index contributed by atoms with van der Waals surface area (Å²) in [5.41, 5.74) is 0.109. The van der Waals surface area contributed by atoms with E-state index in [0.29, 0.717) is 0 Å². The van der Waals surface area contributed by atoms with Gasteiger partial charge in [-0.15, -0.1) is 32.9 Å². The van der Waals surface area contributed by atoms with Crippen LogP contribution in [0.15, 0.2) is 17.5 Å². The molecule has 0 aliphatic heterocycles.